The van der Waals surface area contributed by atoms with Gasteiger partial charge in [0, 0.05) is 24.2 Å². The van der Waals surface area contributed by atoms with Crippen LogP contribution in [0.1, 0.15) is 34.3 Å². The van der Waals surface area contributed by atoms with Gasteiger partial charge in [-0.3, -0.25) is 4.79 Å². The molecule has 0 atom stereocenters. The average Bonchev–Trinajstić information content (AvgIpc) is 3.27. The van der Waals surface area contributed by atoms with Crippen molar-refractivity contribution in [2.75, 3.05) is 13.2 Å². The van der Waals surface area contributed by atoms with Gasteiger partial charge in [0.25, 0.3) is 5.91 Å². The summed E-state index contributed by atoms with van der Waals surface area (Å²) in [5, 5.41) is 17.8. The number of aliphatic hydroxyl groups is 1. The number of nitrogens with zero attached hydrogens (tertiary/aromatic N) is 1. The van der Waals surface area contributed by atoms with Gasteiger partial charge in [0.1, 0.15) is 0 Å². The lowest BCUT2D eigenvalue weighted by atomic mass is 10.0. The van der Waals surface area contributed by atoms with Gasteiger partial charge in [-0.15, -0.1) is 0 Å². The van der Waals surface area contributed by atoms with E-state index >= 15 is 0 Å². The van der Waals surface area contributed by atoms with Gasteiger partial charge in [0.15, 0.2) is 0 Å². The number of carboxylic acid groups (broad SMARTS) is 1. The third-order valence-corrected chi connectivity index (χ3v) is 3.60. The van der Waals surface area contributed by atoms with Crippen molar-refractivity contribution in [2.45, 2.75) is 25.8 Å². The average molecular weight is 289 g/mol. The first-order chi connectivity index (χ1) is 10.0. The Morgan fingerprint density at radius 1 is 1.38 bits per heavy atom. The Kier molecular flexibility index (Phi) is 4.75. The number of amides is 1. The highest BCUT2D eigenvalue weighted by Gasteiger charge is 2.33. The summed E-state index contributed by atoms with van der Waals surface area (Å²) in [5.74, 6) is -1.12. The summed E-state index contributed by atoms with van der Waals surface area (Å²) in [7, 11) is 0. The van der Waals surface area contributed by atoms with Crippen LogP contribution in [0.4, 0.5) is 0 Å². The number of carboxylic acids is 1. The highest BCUT2D eigenvalue weighted by atomic mass is 16.4. The molecule has 1 aliphatic carbocycles. The van der Waals surface area contributed by atoms with Crippen LogP contribution in [-0.2, 0) is 4.79 Å². The van der Waals surface area contributed by atoms with E-state index in [1.165, 1.54) is 6.08 Å². The van der Waals surface area contributed by atoms with Gasteiger partial charge in [-0.1, -0.05) is 12.1 Å². The van der Waals surface area contributed by atoms with Gasteiger partial charge in [-0.2, -0.15) is 0 Å². The fraction of sp³-hybridized carbons (Fsp3) is 0.375. The van der Waals surface area contributed by atoms with E-state index in [0.29, 0.717) is 17.7 Å². The monoisotopic (exact) mass is 289 g/mol. The van der Waals surface area contributed by atoms with Gasteiger partial charge in [0.05, 0.1) is 6.61 Å². The molecule has 0 spiro atoms. The highest BCUT2D eigenvalue weighted by molar-refractivity contribution is 5.97. The van der Waals surface area contributed by atoms with Crippen LogP contribution in [0.25, 0.3) is 6.08 Å². The lowest BCUT2D eigenvalue weighted by Crippen LogP contribution is -2.35. The number of aliphatic carboxylic acids is 1. The zero-order chi connectivity index (χ0) is 15.4. The molecule has 112 valence electrons. The molecule has 0 unspecified atom stereocenters. The van der Waals surface area contributed by atoms with Crippen molar-refractivity contribution in [3.63, 3.8) is 0 Å². The minimum absolute atomic E-state index is 0.0557. The molecule has 2 N–H and O–H groups in total. The molecule has 0 bridgehead atoms. The number of benzene rings is 1. The Bertz CT molecular complexity index is 576. The maximum Gasteiger partial charge on any atom is 0.328 e. The van der Waals surface area contributed by atoms with Crippen molar-refractivity contribution in [1.29, 1.82) is 0 Å². The van der Waals surface area contributed by atoms with Crippen LogP contribution in [0, 0.1) is 6.92 Å². The first-order valence-corrected chi connectivity index (χ1v) is 6.97. The Labute approximate surface area is 123 Å². The minimum atomic E-state index is -1.02. The van der Waals surface area contributed by atoms with E-state index in [-0.39, 0.29) is 18.6 Å². The van der Waals surface area contributed by atoms with Crippen LogP contribution < -0.4 is 0 Å². The molecule has 0 aromatic heterocycles. The number of carbonyl (C=O) groups is 2. The van der Waals surface area contributed by atoms with Crippen LogP contribution in [-0.4, -0.2) is 46.2 Å². The Morgan fingerprint density at radius 3 is 2.67 bits per heavy atom. The summed E-state index contributed by atoms with van der Waals surface area (Å²) in [5.41, 5.74) is 2.02. The van der Waals surface area contributed by atoms with E-state index in [1.54, 1.807) is 30.0 Å². The SMILES string of the molecule is Cc1c(C=CC(=O)O)cccc1C(=O)N(CCO)C1CC1. The molecule has 0 radical (unpaired) electrons. The normalized spacial score (nSPS) is 14.4. The molecule has 1 aliphatic rings. The zero-order valence-corrected chi connectivity index (χ0v) is 12.0. The van der Waals surface area contributed by atoms with Gasteiger partial charge in [-0.05, 0) is 43.0 Å². The molecule has 5 heteroatoms. The molecule has 1 amide bonds. The van der Waals surface area contributed by atoms with Crippen LogP contribution >= 0.6 is 0 Å². The van der Waals surface area contributed by atoms with E-state index in [9.17, 15) is 9.59 Å². The third kappa shape index (κ3) is 3.70. The second-order valence-electron chi connectivity index (χ2n) is 5.14. The lowest BCUT2D eigenvalue weighted by Gasteiger charge is -2.22. The van der Waals surface area contributed by atoms with E-state index in [2.05, 4.69) is 0 Å². The van der Waals surface area contributed by atoms with Crippen LogP contribution in [0.15, 0.2) is 24.3 Å². The molecule has 5 nitrogen and oxygen atoms in total. The maximum absolute atomic E-state index is 12.6. The highest BCUT2D eigenvalue weighted by Crippen LogP contribution is 2.29. The smallest absolute Gasteiger partial charge is 0.328 e. The predicted molar refractivity (Wildman–Crippen MR) is 79.0 cm³/mol. The maximum atomic E-state index is 12.6. The van der Waals surface area contributed by atoms with Crippen molar-refractivity contribution in [1.82, 2.24) is 4.90 Å². The van der Waals surface area contributed by atoms with E-state index in [4.69, 9.17) is 10.2 Å². The lowest BCUT2D eigenvalue weighted by molar-refractivity contribution is -0.131. The molecular formula is C16H19NO4. The summed E-state index contributed by atoms with van der Waals surface area (Å²) in [6.07, 6.45) is 4.50. The Balaban J connectivity index is 2.28. The molecule has 1 saturated carbocycles. The van der Waals surface area contributed by atoms with E-state index in [1.807, 2.05) is 0 Å². The summed E-state index contributed by atoms with van der Waals surface area (Å²) < 4.78 is 0. The molecule has 21 heavy (non-hydrogen) atoms. The Hall–Kier alpha value is -2.14. The van der Waals surface area contributed by atoms with E-state index < -0.39 is 5.97 Å². The second-order valence-corrected chi connectivity index (χ2v) is 5.14. The van der Waals surface area contributed by atoms with Gasteiger partial charge in [0.2, 0.25) is 0 Å². The number of hydrogen-bond acceptors (Lipinski definition) is 3. The topological polar surface area (TPSA) is 77.8 Å². The van der Waals surface area contributed by atoms with Crippen LogP contribution in [0.3, 0.4) is 0 Å². The largest absolute Gasteiger partial charge is 0.478 e. The summed E-state index contributed by atoms with van der Waals surface area (Å²) in [6, 6.07) is 5.48. The van der Waals surface area contributed by atoms with Crippen LogP contribution in [0.5, 0.6) is 0 Å². The summed E-state index contributed by atoms with van der Waals surface area (Å²) in [4.78, 5) is 24.9. The molecule has 2 rings (SSSR count). The van der Waals surface area contributed by atoms with E-state index in [0.717, 1.165) is 24.5 Å². The van der Waals surface area contributed by atoms with Crippen molar-refractivity contribution in [2.24, 2.45) is 0 Å². The van der Waals surface area contributed by atoms with Crippen molar-refractivity contribution in [3.05, 3.63) is 41.0 Å². The summed E-state index contributed by atoms with van der Waals surface area (Å²) in [6.45, 7) is 2.08. The molecule has 1 aromatic rings. The molecular weight excluding hydrogens is 270 g/mol. The third-order valence-electron chi connectivity index (χ3n) is 3.60. The van der Waals surface area contributed by atoms with Crippen LogP contribution in [0.2, 0.25) is 0 Å². The molecule has 0 aliphatic heterocycles. The molecule has 1 fully saturated rings. The van der Waals surface area contributed by atoms with Crippen molar-refractivity contribution in [3.8, 4) is 0 Å². The second kappa shape index (κ2) is 6.54. The quantitative estimate of drug-likeness (QED) is 0.781. The Morgan fingerprint density at radius 2 is 2.10 bits per heavy atom. The van der Waals surface area contributed by atoms with Gasteiger partial charge >= 0.3 is 5.97 Å². The van der Waals surface area contributed by atoms with Gasteiger partial charge < -0.3 is 15.1 Å². The number of rotatable bonds is 6. The summed E-state index contributed by atoms with van der Waals surface area (Å²) >= 11 is 0. The number of hydrogen-bond donors (Lipinski definition) is 2. The fourth-order valence-corrected chi connectivity index (χ4v) is 2.33. The standard InChI is InChI=1S/C16H19NO4/c1-11-12(5-8-15(19)20)3-2-4-14(11)16(21)17(9-10-18)13-6-7-13/h2-5,8,13,18H,6-7,9-10H2,1H3,(H,19,20). The molecule has 0 saturated heterocycles. The van der Waals surface area contributed by atoms with Crippen molar-refractivity contribution < 1.29 is 19.8 Å². The minimum Gasteiger partial charge on any atom is -0.478 e. The molecule has 1 aromatic carbocycles. The fourth-order valence-electron chi connectivity index (χ4n) is 2.33. The van der Waals surface area contributed by atoms with Crippen molar-refractivity contribution >= 4 is 18.0 Å². The van der Waals surface area contributed by atoms with Gasteiger partial charge in [-0.25, -0.2) is 4.79 Å². The first kappa shape index (κ1) is 15.3. The zero-order valence-electron chi connectivity index (χ0n) is 12.0. The number of aliphatic hydroxyl groups excluding tert-OH is 1. The first-order valence-electron chi connectivity index (χ1n) is 6.97. The molecule has 0 heterocycles. The number of carbonyl (C=O) groups excluding carboxylic acids is 1. The predicted octanol–water partition coefficient (Wildman–Crippen LogP) is 1.69.